The molecular weight excluding hydrogens is 208 g/mol. The summed E-state index contributed by atoms with van der Waals surface area (Å²) in [5.41, 5.74) is 5.73. The second-order valence-electron chi connectivity index (χ2n) is 4.16. The van der Waals surface area contributed by atoms with Crippen LogP contribution < -0.4 is 5.73 Å². The minimum Gasteiger partial charge on any atom is -0.481 e. The molecule has 0 bridgehead atoms. The van der Waals surface area contributed by atoms with Gasteiger partial charge in [-0.15, -0.1) is 0 Å². The van der Waals surface area contributed by atoms with E-state index in [2.05, 4.69) is 0 Å². The molecule has 94 valence electrons. The Morgan fingerprint density at radius 2 is 1.94 bits per heavy atom. The van der Waals surface area contributed by atoms with Crippen LogP contribution in [0, 0.1) is 0 Å². The van der Waals surface area contributed by atoms with E-state index in [9.17, 15) is 9.59 Å². The van der Waals surface area contributed by atoms with Gasteiger partial charge in [-0.25, -0.2) is 0 Å². The Bertz CT molecular complexity index is 241. The fraction of sp³-hybridized carbons (Fsp3) is 0.818. The molecule has 0 saturated heterocycles. The normalized spacial score (nSPS) is 12.6. The van der Waals surface area contributed by atoms with Crippen molar-refractivity contribution in [2.45, 2.75) is 52.1 Å². The molecule has 0 radical (unpaired) electrons. The summed E-state index contributed by atoms with van der Waals surface area (Å²) in [5, 5.41) is 8.60. The highest BCUT2D eigenvalue weighted by molar-refractivity contribution is 5.82. The monoisotopic (exact) mass is 230 g/mol. The fourth-order valence-corrected chi connectivity index (χ4v) is 1.49. The third kappa shape index (κ3) is 5.11. The Kier molecular flexibility index (Phi) is 6.72. The van der Waals surface area contributed by atoms with Crippen LogP contribution >= 0.6 is 0 Å². The molecule has 0 aliphatic rings. The molecule has 5 nitrogen and oxygen atoms in total. The zero-order chi connectivity index (χ0) is 12.7. The molecular formula is C11H22N2O3. The number of carbonyl (C=O) groups excluding carboxylic acids is 1. The van der Waals surface area contributed by atoms with Crippen molar-refractivity contribution in [1.29, 1.82) is 0 Å². The van der Waals surface area contributed by atoms with Gasteiger partial charge < -0.3 is 15.7 Å². The van der Waals surface area contributed by atoms with Crippen molar-refractivity contribution in [3.05, 3.63) is 0 Å². The van der Waals surface area contributed by atoms with Crippen LogP contribution in [0.5, 0.6) is 0 Å². The number of amides is 1. The van der Waals surface area contributed by atoms with Crippen molar-refractivity contribution in [3.63, 3.8) is 0 Å². The van der Waals surface area contributed by atoms with Crippen molar-refractivity contribution in [2.75, 3.05) is 6.54 Å². The van der Waals surface area contributed by atoms with Crippen molar-refractivity contribution < 1.29 is 14.7 Å². The second kappa shape index (κ2) is 7.22. The van der Waals surface area contributed by atoms with Gasteiger partial charge in [-0.2, -0.15) is 0 Å². The Labute approximate surface area is 96.6 Å². The zero-order valence-electron chi connectivity index (χ0n) is 10.3. The van der Waals surface area contributed by atoms with E-state index in [1.54, 1.807) is 0 Å². The summed E-state index contributed by atoms with van der Waals surface area (Å²) in [4.78, 5) is 23.9. The zero-order valence-corrected chi connectivity index (χ0v) is 10.3. The molecule has 0 rings (SSSR count). The van der Waals surface area contributed by atoms with Crippen LogP contribution in [0.4, 0.5) is 0 Å². The summed E-state index contributed by atoms with van der Waals surface area (Å²) < 4.78 is 0. The quantitative estimate of drug-likeness (QED) is 0.678. The molecule has 1 amide bonds. The second-order valence-corrected chi connectivity index (χ2v) is 4.16. The first-order valence-corrected chi connectivity index (χ1v) is 5.68. The van der Waals surface area contributed by atoms with Gasteiger partial charge in [0, 0.05) is 12.6 Å². The van der Waals surface area contributed by atoms with Crippen molar-refractivity contribution in [3.8, 4) is 0 Å². The van der Waals surface area contributed by atoms with Gasteiger partial charge in [0.1, 0.15) is 0 Å². The number of nitrogens with two attached hydrogens (primary N) is 1. The van der Waals surface area contributed by atoms with Gasteiger partial charge in [-0.1, -0.05) is 13.3 Å². The summed E-state index contributed by atoms with van der Waals surface area (Å²) in [5.74, 6) is -1.05. The van der Waals surface area contributed by atoms with Gasteiger partial charge >= 0.3 is 5.97 Å². The average Bonchev–Trinajstić information content (AvgIpc) is 2.17. The molecule has 1 atom stereocenters. The van der Waals surface area contributed by atoms with Crippen molar-refractivity contribution >= 4 is 11.9 Å². The van der Waals surface area contributed by atoms with Gasteiger partial charge in [-0.3, -0.25) is 9.59 Å². The summed E-state index contributed by atoms with van der Waals surface area (Å²) in [6, 6.07) is -0.532. The summed E-state index contributed by atoms with van der Waals surface area (Å²) in [7, 11) is 0. The summed E-state index contributed by atoms with van der Waals surface area (Å²) >= 11 is 0. The minimum absolute atomic E-state index is 0.0187. The number of aliphatic carboxylic acids is 1. The van der Waals surface area contributed by atoms with Gasteiger partial charge in [0.05, 0.1) is 12.5 Å². The number of carboxylic acid groups (broad SMARTS) is 1. The number of carboxylic acids is 1. The molecule has 3 N–H and O–H groups in total. The van der Waals surface area contributed by atoms with Crippen LogP contribution in [0.25, 0.3) is 0 Å². The van der Waals surface area contributed by atoms with E-state index in [4.69, 9.17) is 10.8 Å². The molecule has 0 aromatic heterocycles. The van der Waals surface area contributed by atoms with Crippen molar-refractivity contribution in [2.24, 2.45) is 5.73 Å². The lowest BCUT2D eigenvalue weighted by atomic mass is 10.1. The third-order valence-corrected chi connectivity index (χ3v) is 2.39. The maximum absolute atomic E-state index is 11.9. The Morgan fingerprint density at radius 3 is 2.31 bits per heavy atom. The van der Waals surface area contributed by atoms with Gasteiger partial charge in [0.25, 0.3) is 0 Å². The largest absolute Gasteiger partial charge is 0.481 e. The van der Waals surface area contributed by atoms with Gasteiger partial charge in [-0.05, 0) is 20.3 Å². The lowest BCUT2D eigenvalue weighted by Crippen LogP contribution is -2.47. The molecule has 0 aromatic rings. The lowest BCUT2D eigenvalue weighted by Gasteiger charge is -2.28. The van der Waals surface area contributed by atoms with E-state index in [0.717, 1.165) is 6.42 Å². The van der Waals surface area contributed by atoms with E-state index in [0.29, 0.717) is 6.42 Å². The number of rotatable bonds is 7. The van der Waals surface area contributed by atoms with Gasteiger partial charge in [0.2, 0.25) is 5.91 Å². The van der Waals surface area contributed by atoms with Crippen LogP contribution in [-0.4, -0.2) is 40.5 Å². The molecule has 5 heteroatoms. The van der Waals surface area contributed by atoms with Crippen LogP contribution in [-0.2, 0) is 9.59 Å². The van der Waals surface area contributed by atoms with E-state index in [1.165, 1.54) is 4.90 Å². The third-order valence-electron chi connectivity index (χ3n) is 2.39. The van der Waals surface area contributed by atoms with Crippen LogP contribution in [0.1, 0.15) is 40.0 Å². The number of nitrogens with zero attached hydrogens (tertiary/aromatic N) is 1. The van der Waals surface area contributed by atoms with Crippen LogP contribution in [0.2, 0.25) is 0 Å². The summed E-state index contributed by atoms with van der Waals surface area (Å²) in [6.45, 7) is 5.91. The maximum Gasteiger partial charge on any atom is 0.305 e. The fourth-order valence-electron chi connectivity index (χ4n) is 1.49. The topological polar surface area (TPSA) is 83.6 Å². The average molecular weight is 230 g/mol. The Hall–Kier alpha value is -1.10. The van der Waals surface area contributed by atoms with E-state index in [1.807, 2.05) is 20.8 Å². The smallest absolute Gasteiger partial charge is 0.305 e. The Balaban J connectivity index is 4.40. The molecule has 0 unspecified atom stereocenters. The highest BCUT2D eigenvalue weighted by Gasteiger charge is 2.22. The number of hydrogen-bond acceptors (Lipinski definition) is 3. The standard InChI is InChI=1S/C11H22N2O3/c1-4-5-9(12)11(16)13(8(2)3)7-6-10(14)15/h8-9H,4-7,12H2,1-3H3,(H,14,15)/t9-/m0/s1. The highest BCUT2D eigenvalue weighted by Crippen LogP contribution is 2.06. The lowest BCUT2D eigenvalue weighted by molar-refractivity contribution is -0.139. The maximum atomic E-state index is 11.9. The molecule has 0 fully saturated rings. The van der Waals surface area contributed by atoms with Gasteiger partial charge in [0.15, 0.2) is 0 Å². The SMILES string of the molecule is CCC[C@H](N)C(=O)N(CCC(=O)O)C(C)C. The number of hydrogen-bond donors (Lipinski definition) is 2. The first-order valence-electron chi connectivity index (χ1n) is 5.68. The molecule has 0 heterocycles. The number of carbonyl (C=O) groups is 2. The minimum atomic E-state index is -0.900. The first-order chi connectivity index (χ1) is 7.40. The van der Waals surface area contributed by atoms with E-state index >= 15 is 0 Å². The van der Waals surface area contributed by atoms with Crippen molar-refractivity contribution in [1.82, 2.24) is 4.90 Å². The van der Waals surface area contributed by atoms with Crippen LogP contribution in [0.3, 0.4) is 0 Å². The van der Waals surface area contributed by atoms with E-state index < -0.39 is 12.0 Å². The molecule has 0 aliphatic heterocycles. The Morgan fingerprint density at radius 1 is 1.38 bits per heavy atom. The summed E-state index contributed by atoms with van der Waals surface area (Å²) in [6.07, 6.45) is 1.44. The molecule has 0 saturated carbocycles. The predicted molar refractivity (Wildman–Crippen MR) is 62.0 cm³/mol. The first kappa shape index (κ1) is 14.9. The molecule has 0 aliphatic carbocycles. The van der Waals surface area contributed by atoms with E-state index in [-0.39, 0.29) is 24.9 Å². The highest BCUT2D eigenvalue weighted by atomic mass is 16.4. The van der Waals surface area contributed by atoms with Crippen LogP contribution in [0.15, 0.2) is 0 Å². The molecule has 0 aromatic carbocycles. The molecule has 0 spiro atoms. The predicted octanol–water partition coefficient (Wildman–Crippen LogP) is 0.826. The molecule has 16 heavy (non-hydrogen) atoms.